The Kier molecular flexibility index (Phi) is 4.88. The van der Waals surface area contributed by atoms with E-state index in [-0.39, 0.29) is 22.8 Å². The maximum atomic E-state index is 13.2. The minimum absolute atomic E-state index is 0.0866. The lowest BCUT2D eigenvalue weighted by Crippen LogP contribution is -2.37. The number of nitrogens with zero attached hydrogens (tertiary/aromatic N) is 3. The maximum Gasteiger partial charge on any atom is 0.317 e. The number of carbonyl (C=O) groups excluding carboxylic acids is 2. The molecule has 0 spiro atoms. The summed E-state index contributed by atoms with van der Waals surface area (Å²) in [5, 5.41) is 13.5. The number of amides is 3. The van der Waals surface area contributed by atoms with Crippen molar-refractivity contribution in [2.75, 3.05) is 18.9 Å². The molecule has 1 unspecified atom stereocenters. The highest BCUT2D eigenvalue weighted by Crippen LogP contribution is 2.33. The zero-order valence-electron chi connectivity index (χ0n) is 13.3. The van der Waals surface area contributed by atoms with Crippen molar-refractivity contribution in [3.63, 3.8) is 0 Å². The van der Waals surface area contributed by atoms with Gasteiger partial charge in [-0.15, -0.1) is 10.2 Å². The molecule has 0 radical (unpaired) electrons. The van der Waals surface area contributed by atoms with Crippen molar-refractivity contribution in [3.05, 3.63) is 39.8 Å². The van der Waals surface area contributed by atoms with Crippen LogP contribution in [0.2, 0.25) is 0 Å². The van der Waals surface area contributed by atoms with Gasteiger partial charge in [-0.25, -0.2) is 13.6 Å². The highest BCUT2D eigenvalue weighted by atomic mass is 32.1. The molecule has 25 heavy (non-hydrogen) atoms. The molecule has 1 atom stereocenters. The van der Waals surface area contributed by atoms with Crippen molar-refractivity contribution in [1.29, 1.82) is 0 Å². The van der Waals surface area contributed by atoms with Crippen molar-refractivity contribution in [1.82, 2.24) is 20.4 Å². The van der Waals surface area contributed by atoms with Crippen LogP contribution in [-0.2, 0) is 0 Å². The van der Waals surface area contributed by atoms with Crippen molar-refractivity contribution >= 4 is 29.0 Å². The molecule has 2 N–H and O–H groups in total. The fourth-order valence-electron chi connectivity index (χ4n) is 2.63. The second-order valence-corrected chi connectivity index (χ2v) is 6.44. The van der Waals surface area contributed by atoms with Crippen molar-refractivity contribution < 1.29 is 18.4 Å². The van der Waals surface area contributed by atoms with Gasteiger partial charge in [0.25, 0.3) is 5.91 Å². The summed E-state index contributed by atoms with van der Waals surface area (Å²) in [5.41, 5.74) is 0.119. The summed E-state index contributed by atoms with van der Waals surface area (Å²) in [5.74, 6) is -2.62. The third-order valence-corrected chi connectivity index (χ3v) is 4.85. The van der Waals surface area contributed by atoms with Gasteiger partial charge in [0.2, 0.25) is 5.01 Å². The van der Waals surface area contributed by atoms with Crippen molar-refractivity contribution in [2.45, 2.75) is 18.9 Å². The number of aromatic nitrogens is 2. The van der Waals surface area contributed by atoms with Gasteiger partial charge < -0.3 is 15.5 Å². The summed E-state index contributed by atoms with van der Waals surface area (Å²) in [6, 6.07) is 2.64. The smallest absolute Gasteiger partial charge is 0.317 e. The third kappa shape index (κ3) is 3.58. The van der Waals surface area contributed by atoms with E-state index in [0.717, 1.165) is 36.3 Å². The van der Waals surface area contributed by atoms with Gasteiger partial charge in [-0.2, -0.15) is 0 Å². The van der Waals surface area contributed by atoms with Crippen LogP contribution in [0.1, 0.15) is 33.7 Å². The molecule has 0 aliphatic carbocycles. The molecule has 1 saturated heterocycles. The van der Waals surface area contributed by atoms with Crippen LogP contribution in [0, 0.1) is 11.6 Å². The molecule has 1 aromatic carbocycles. The SMILES string of the molecule is CNC(=O)N1CCCC1c1nnc(C(=O)Nc2ccc(F)c(F)c2)s1. The maximum absolute atomic E-state index is 13.2. The summed E-state index contributed by atoms with van der Waals surface area (Å²) < 4.78 is 26.1. The van der Waals surface area contributed by atoms with Gasteiger partial charge in [-0.1, -0.05) is 11.3 Å². The molecular formula is C15H15F2N5O2S. The second kappa shape index (κ2) is 7.09. The molecule has 2 aromatic rings. The summed E-state index contributed by atoms with van der Waals surface area (Å²) in [6.07, 6.45) is 1.58. The number of carbonyl (C=O) groups is 2. The van der Waals surface area contributed by atoms with Gasteiger partial charge in [0.15, 0.2) is 11.6 Å². The van der Waals surface area contributed by atoms with Crippen LogP contribution < -0.4 is 10.6 Å². The third-order valence-electron chi connectivity index (χ3n) is 3.82. The lowest BCUT2D eigenvalue weighted by Gasteiger charge is -2.21. The van der Waals surface area contributed by atoms with E-state index >= 15 is 0 Å². The average Bonchev–Trinajstić information content (AvgIpc) is 3.26. The van der Waals surface area contributed by atoms with Gasteiger partial charge >= 0.3 is 6.03 Å². The standard InChI is InChI=1S/C15H15F2N5O2S/c1-18-15(24)22-6-2-3-11(22)13-20-21-14(25-13)12(23)19-8-4-5-9(16)10(17)7-8/h4-5,7,11H,2-3,6H2,1H3,(H,18,24)(H,19,23). The Labute approximate surface area is 146 Å². The molecule has 1 aliphatic heterocycles. The lowest BCUT2D eigenvalue weighted by atomic mass is 10.2. The van der Waals surface area contributed by atoms with E-state index in [1.54, 1.807) is 11.9 Å². The van der Waals surface area contributed by atoms with Crippen LogP contribution in [0.25, 0.3) is 0 Å². The number of likely N-dealkylation sites (tertiary alicyclic amines) is 1. The Hall–Kier alpha value is -2.62. The van der Waals surface area contributed by atoms with Gasteiger partial charge in [0.1, 0.15) is 5.01 Å². The molecule has 3 rings (SSSR count). The zero-order valence-corrected chi connectivity index (χ0v) is 14.1. The quantitative estimate of drug-likeness (QED) is 0.873. The Morgan fingerprint density at radius 1 is 1.28 bits per heavy atom. The summed E-state index contributed by atoms with van der Waals surface area (Å²) in [6.45, 7) is 0.611. The van der Waals surface area contributed by atoms with Crippen LogP contribution in [0.3, 0.4) is 0 Å². The van der Waals surface area contributed by atoms with E-state index in [2.05, 4.69) is 20.8 Å². The molecule has 0 bridgehead atoms. The Morgan fingerprint density at radius 2 is 2.08 bits per heavy atom. The number of nitrogens with one attached hydrogen (secondary N) is 2. The van der Waals surface area contributed by atoms with Crippen LogP contribution >= 0.6 is 11.3 Å². The molecule has 0 saturated carbocycles. The zero-order chi connectivity index (χ0) is 18.0. The lowest BCUT2D eigenvalue weighted by molar-refractivity contribution is 0.102. The predicted molar refractivity (Wildman–Crippen MR) is 87.4 cm³/mol. The van der Waals surface area contributed by atoms with Crippen LogP contribution in [0.15, 0.2) is 18.2 Å². The first kappa shape index (κ1) is 17.2. The average molecular weight is 367 g/mol. The van der Waals surface area contributed by atoms with Gasteiger partial charge in [-0.3, -0.25) is 4.79 Å². The second-order valence-electron chi connectivity index (χ2n) is 5.44. The molecule has 1 aromatic heterocycles. The fourth-order valence-corrected chi connectivity index (χ4v) is 3.52. The number of hydrogen-bond acceptors (Lipinski definition) is 5. The molecular weight excluding hydrogens is 352 g/mol. The number of hydrogen-bond donors (Lipinski definition) is 2. The molecule has 10 heteroatoms. The first-order valence-corrected chi connectivity index (χ1v) is 8.39. The van der Waals surface area contributed by atoms with Gasteiger partial charge in [0.05, 0.1) is 6.04 Å². The van der Waals surface area contributed by atoms with E-state index < -0.39 is 17.5 Å². The molecule has 3 amide bonds. The normalized spacial score (nSPS) is 16.8. The van der Waals surface area contributed by atoms with Gasteiger partial charge in [-0.05, 0) is 25.0 Å². The van der Waals surface area contributed by atoms with E-state index in [1.165, 1.54) is 6.07 Å². The first-order valence-electron chi connectivity index (χ1n) is 7.57. The summed E-state index contributed by atoms with van der Waals surface area (Å²) >= 11 is 1.07. The Bertz CT molecular complexity index is 813. The van der Waals surface area contributed by atoms with E-state index in [0.29, 0.717) is 11.6 Å². The molecule has 1 aliphatic rings. The fraction of sp³-hybridized carbons (Fsp3) is 0.333. The number of benzene rings is 1. The first-order chi connectivity index (χ1) is 12.0. The monoisotopic (exact) mass is 367 g/mol. The molecule has 2 heterocycles. The predicted octanol–water partition coefficient (Wildman–Crippen LogP) is 2.54. The van der Waals surface area contributed by atoms with Crippen LogP contribution in [0.4, 0.5) is 19.3 Å². The highest BCUT2D eigenvalue weighted by Gasteiger charge is 2.32. The van der Waals surface area contributed by atoms with E-state index in [4.69, 9.17) is 0 Å². The minimum Gasteiger partial charge on any atom is -0.341 e. The minimum atomic E-state index is -1.05. The largest absolute Gasteiger partial charge is 0.341 e. The number of rotatable bonds is 3. The Balaban J connectivity index is 1.73. The van der Waals surface area contributed by atoms with Crippen LogP contribution in [-0.4, -0.2) is 40.6 Å². The number of halogens is 2. The molecule has 132 valence electrons. The topological polar surface area (TPSA) is 87.2 Å². The number of anilines is 1. The molecule has 7 nitrogen and oxygen atoms in total. The van der Waals surface area contributed by atoms with E-state index in [9.17, 15) is 18.4 Å². The Morgan fingerprint density at radius 3 is 2.80 bits per heavy atom. The van der Waals surface area contributed by atoms with Gasteiger partial charge in [0, 0.05) is 25.3 Å². The van der Waals surface area contributed by atoms with Crippen molar-refractivity contribution in [2.24, 2.45) is 0 Å². The molecule has 1 fully saturated rings. The van der Waals surface area contributed by atoms with E-state index in [1.807, 2.05) is 0 Å². The summed E-state index contributed by atoms with van der Waals surface area (Å²) in [4.78, 5) is 25.7. The summed E-state index contributed by atoms with van der Waals surface area (Å²) in [7, 11) is 1.55. The number of urea groups is 1. The van der Waals surface area contributed by atoms with Crippen molar-refractivity contribution in [3.8, 4) is 0 Å². The van der Waals surface area contributed by atoms with Crippen LogP contribution in [0.5, 0.6) is 0 Å². The highest BCUT2D eigenvalue weighted by molar-refractivity contribution is 7.13.